The van der Waals surface area contributed by atoms with E-state index in [1.54, 1.807) is 6.92 Å². The van der Waals surface area contributed by atoms with Gasteiger partial charge in [0.15, 0.2) is 0 Å². The van der Waals surface area contributed by atoms with Gasteiger partial charge in [-0.15, -0.1) is 0 Å². The Kier molecular flexibility index (Phi) is 30.6. The van der Waals surface area contributed by atoms with Gasteiger partial charge in [0.1, 0.15) is 30.3 Å². The van der Waals surface area contributed by atoms with Crippen LogP contribution in [0.4, 0.5) is 0 Å². The molecule has 53 heavy (non-hydrogen) atoms. The third kappa shape index (κ3) is 30.4. The third-order valence-electron chi connectivity index (χ3n) is 8.78. The number of unbranched alkanes of at least 4 members (excludes halogenated alkanes) is 13. The number of aliphatic carboxylic acids is 2. The molecule has 0 aromatic carbocycles. The van der Waals surface area contributed by atoms with E-state index in [2.05, 4.69) is 10.6 Å². The van der Waals surface area contributed by atoms with Crippen molar-refractivity contribution in [1.82, 2.24) is 10.6 Å². The van der Waals surface area contributed by atoms with Crippen molar-refractivity contribution in [2.75, 3.05) is 26.4 Å². The SMILES string of the molecule is CCC(=O)CC[C@H](NC(=O)COCCOCCCC(=O)CC[C@H](NC(=O)CCCCCCCCCCCCCCCCC(=O)C(=O)O)C(=O)O)C(N)=O. The van der Waals surface area contributed by atoms with Crippen LogP contribution >= 0.6 is 0 Å². The van der Waals surface area contributed by atoms with Crippen LogP contribution in [0.2, 0.25) is 0 Å². The van der Waals surface area contributed by atoms with Gasteiger partial charge in [-0.2, -0.15) is 0 Å². The molecule has 0 rings (SSSR count). The summed E-state index contributed by atoms with van der Waals surface area (Å²) in [5.41, 5.74) is 5.28. The molecule has 0 aromatic rings. The van der Waals surface area contributed by atoms with Crippen molar-refractivity contribution in [3.8, 4) is 0 Å². The Bertz CT molecular complexity index is 1110. The van der Waals surface area contributed by atoms with Crippen molar-refractivity contribution < 1.29 is 58.0 Å². The van der Waals surface area contributed by atoms with E-state index in [0.717, 1.165) is 51.4 Å². The number of rotatable bonds is 38. The summed E-state index contributed by atoms with van der Waals surface area (Å²) in [6.07, 6.45) is 16.0. The van der Waals surface area contributed by atoms with Crippen molar-refractivity contribution in [2.45, 2.75) is 167 Å². The summed E-state index contributed by atoms with van der Waals surface area (Å²) >= 11 is 0. The van der Waals surface area contributed by atoms with Gasteiger partial charge in [-0.1, -0.05) is 84.0 Å². The molecule has 0 saturated carbocycles. The van der Waals surface area contributed by atoms with E-state index in [1.165, 1.54) is 25.7 Å². The smallest absolute Gasteiger partial charge is 0.372 e. The number of carbonyl (C=O) groups excluding carboxylic acids is 6. The van der Waals surface area contributed by atoms with E-state index in [9.17, 15) is 43.5 Å². The Balaban J connectivity index is 3.81. The summed E-state index contributed by atoms with van der Waals surface area (Å²) in [5, 5.41) is 23.0. The normalized spacial score (nSPS) is 12.1. The molecule has 2 atom stereocenters. The number of carbonyl (C=O) groups is 8. The standard InChI is InChI=1S/C38H65N3O12/c1-2-29(42)21-23-31(36(39)47)40-35(46)28-53-27-26-52-25-17-18-30(43)22-24-32(37(48)49)41-34(45)20-16-14-12-10-8-6-4-3-5-7-9-11-13-15-19-33(44)38(50)51/h31-32H,2-28H2,1H3,(H2,39,47)(H,40,46)(H,41,45)(H,48,49)(H,50,51)/t31-,32-/m0/s1. The zero-order valence-corrected chi connectivity index (χ0v) is 31.8. The van der Waals surface area contributed by atoms with Gasteiger partial charge in [-0.05, 0) is 32.1 Å². The number of ketones is 3. The molecule has 0 aliphatic rings. The van der Waals surface area contributed by atoms with Crippen LogP contribution in [0, 0.1) is 0 Å². The first-order valence-corrected chi connectivity index (χ1v) is 19.4. The lowest BCUT2D eigenvalue weighted by Crippen LogP contribution is -2.46. The van der Waals surface area contributed by atoms with Gasteiger partial charge < -0.3 is 36.1 Å². The number of nitrogens with two attached hydrogens (primary N) is 1. The van der Waals surface area contributed by atoms with Gasteiger partial charge in [0.25, 0.3) is 0 Å². The van der Waals surface area contributed by atoms with Crippen LogP contribution in [0.5, 0.6) is 0 Å². The number of ether oxygens (including phenoxy) is 2. The highest BCUT2D eigenvalue weighted by Crippen LogP contribution is 2.14. The summed E-state index contributed by atoms with van der Waals surface area (Å²) in [7, 11) is 0. The number of Topliss-reactive ketones (excluding diaryl/α,β-unsaturated/α-hetero) is 3. The maximum Gasteiger partial charge on any atom is 0.372 e. The molecule has 0 unspecified atom stereocenters. The maximum atomic E-state index is 12.3. The molecule has 6 N–H and O–H groups in total. The second kappa shape index (κ2) is 32.9. The fourth-order valence-corrected chi connectivity index (χ4v) is 5.51. The third-order valence-corrected chi connectivity index (χ3v) is 8.78. The van der Waals surface area contributed by atoms with Crippen molar-refractivity contribution in [3.05, 3.63) is 0 Å². The van der Waals surface area contributed by atoms with Gasteiger partial charge >= 0.3 is 11.9 Å². The van der Waals surface area contributed by atoms with Gasteiger partial charge in [-0.3, -0.25) is 28.8 Å². The first-order valence-electron chi connectivity index (χ1n) is 19.4. The molecule has 3 amide bonds. The highest BCUT2D eigenvalue weighted by Gasteiger charge is 2.21. The fourth-order valence-electron chi connectivity index (χ4n) is 5.51. The van der Waals surface area contributed by atoms with Crippen molar-refractivity contribution in [2.24, 2.45) is 5.73 Å². The Morgan fingerprint density at radius 3 is 1.51 bits per heavy atom. The second-order valence-electron chi connectivity index (χ2n) is 13.4. The predicted octanol–water partition coefficient (Wildman–Crippen LogP) is 4.34. The molecule has 0 saturated heterocycles. The zero-order valence-electron chi connectivity index (χ0n) is 31.8. The van der Waals surface area contributed by atoms with Gasteiger partial charge in [0, 0.05) is 45.1 Å². The predicted molar refractivity (Wildman–Crippen MR) is 197 cm³/mol. The minimum atomic E-state index is -1.34. The van der Waals surface area contributed by atoms with Crippen molar-refractivity contribution in [3.63, 3.8) is 0 Å². The van der Waals surface area contributed by atoms with Gasteiger partial charge in [0.2, 0.25) is 23.5 Å². The van der Waals surface area contributed by atoms with Crippen LogP contribution in [0.1, 0.15) is 155 Å². The molecule has 15 heteroatoms. The molecule has 0 fully saturated rings. The number of carboxylic acid groups (broad SMARTS) is 2. The van der Waals surface area contributed by atoms with Crippen LogP contribution in [-0.4, -0.2) is 95.7 Å². The molecule has 304 valence electrons. The number of carboxylic acids is 2. The quantitative estimate of drug-likeness (QED) is 0.0436. The van der Waals surface area contributed by atoms with Crippen LogP contribution in [0.15, 0.2) is 0 Å². The number of amides is 3. The number of primary amides is 1. The van der Waals surface area contributed by atoms with Crippen LogP contribution in [-0.2, 0) is 47.8 Å². The molecule has 0 spiro atoms. The topological polar surface area (TPSA) is 246 Å². The molecular formula is C38H65N3O12. The Morgan fingerprint density at radius 1 is 0.528 bits per heavy atom. The molecule has 15 nitrogen and oxygen atoms in total. The van der Waals surface area contributed by atoms with Crippen LogP contribution in [0.3, 0.4) is 0 Å². The first-order chi connectivity index (χ1) is 25.4. The fraction of sp³-hybridized carbons (Fsp3) is 0.789. The minimum Gasteiger partial charge on any atom is -0.480 e. The number of hydrogen-bond acceptors (Lipinski definition) is 10. The number of nitrogens with one attached hydrogen (secondary N) is 2. The average Bonchev–Trinajstić information content (AvgIpc) is 3.11. The molecule has 0 aliphatic heterocycles. The van der Waals surface area contributed by atoms with Gasteiger partial charge in [0.05, 0.1) is 13.2 Å². The van der Waals surface area contributed by atoms with E-state index in [-0.39, 0.29) is 88.8 Å². The average molecular weight is 756 g/mol. The Morgan fingerprint density at radius 2 is 1.00 bits per heavy atom. The lowest BCUT2D eigenvalue weighted by Gasteiger charge is -2.15. The summed E-state index contributed by atoms with van der Waals surface area (Å²) in [6.45, 7) is 1.95. The van der Waals surface area contributed by atoms with E-state index in [4.69, 9.17) is 20.3 Å². The Hall–Kier alpha value is -3.72. The summed E-state index contributed by atoms with van der Waals surface area (Å²) in [6, 6.07) is -2.07. The molecular weight excluding hydrogens is 690 g/mol. The molecule has 0 radical (unpaired) electrons. The minimum absolute atomic E-state index is 0.0128. The maximum absolute atomic E-state index is 12.3. The van der Waals surface area contributed by atoms with Crippen LogP contribution < -0.4 is 16.4 Å². The van der Waals surface area contributed by atoms with Crippen molar-refractivity contribution in [1.29, 1.82) is 0 Å². The lowest BCUT2D eigenvalue weighted by molar-refractivity contribution is -0.149. The summed E-state index contributed by atoms with van der Waals surface area (Å²) in [5.74, 6) is -4.99. The van der Waals surface area contributed by atoms with E-state index in [1.807, 2.05) is 0 Å². The van der Waals surface area contributed by atoms with Crippen molar-refractivity contribution >= 4 is 47.0 Å². The second-order valence-corrected chi connectivity index (χ2v) is 13.4. The zero-order chi connectivity index (χ0) is 39.7. The summed E-state index contributed by atoms with van der Waals surface area (Å²) in [4.78, 5) is 92.6. The largest absolute Gasteiger partial charge is 0.480 e. The van der Waals surface area contributed by atoms with E-state index >= 15 is 0 Å². The highest BCUT2D eigenvalue weighted by atomic mass is 16.5. The van der Waals surface area contributed by atoms with Crippen LogP contribution in [0.25, 0.3) is 0 Å². The first kappa shape index (κ1) is 49.3. The van der Waals surface area contributed by atoms with E-state index in [0.29, 0.717) is 25.7 Å². The Labute approximate surface area is 314 Å². The molecule has 0 heterocycles. The monoisotopic (exact) mass is 755 g/mol. The molecule has 0 aromatic heterocycles. The summed E-state index contributed by atoms with van der Waals surface area (Å²) < 4.78 is 10.6. The molecule has 0 aliphatic carbocycles. The lowest BCUT2D eigenvalue weighted by atomic mass is 10.0. The van der Waals surface area contributed by atoms with E-state index < -0.39 is 41.6 Å². The highest BCUT2D eigenvalue weighted by molar-refractivity contribution is 6.32. The molecule has 0 bridgehead atoms. The number of hydrogen-bond donors (Lipinski definition) is 5. The van der Waals surface area contributed by atoms with Gasteiger partial charge in [-0.25, -0.2) is 9.59 Å².